The fourth-order valence-corrected chi connectivity index (χ4v) is 4.65. The fourth-order valence-electron chi connectivity index (χ4n) is 2.95. The molecule has 2 N–H and O–H groups in total. The van der Waals surface area contributed by atoms with Gasteiger partial charge in [0.2, 0.25) is 15.9 Å². The molecule has 3 heterocycles. The molecule has 0 saturated carbocycles. The summed E-state index contributed by atoms with van der Waals surface area (Å²) in [6.45, 7) is 0. The summed E-state index contributed by atoms with van der Waals surface area (Å²) in [6, 6.07) is 11.1. The maximum absolute atomic E-state index is 12.8. The number of nitrogens with zero attached hydrogens (tertiary/aromatic N) is 2. The number of pyridine rings is 2. The van der Waals surface area contributed by atoms with Crippen LogP contribution in [0, 0.1) is 0 Å². The molecule has 0 atom stereocenters. The molecule has 0 unspecified atom stereocenters. The van der Waals surface area contributed by atoms with E-state index in [1.165, 1.54) is 23.5 Å². The van der Waals surface area contributed by atoms with Crippen LogP contribution >= 0.6 is 22.9 Å². The number of fused-ring (bicyclic) bond motifs is 1. The van der Waals surface area contributed by atoms with E-state index in [4.69, 9.17) is 16.3 Å². The molecule has 0 bridgehead atoms. The summed E-state index contributed by atoms with van der Waals surface area (Å²) in [6.07, 6.45) is -2.65. The number of anilines is 2. The van der Waals surface area contributed by atoms with Crippen LogP contribution in [-0.4, -0.2) is 30.5 Å². The Labute approximate surface area is 205 Å². The Morgan fingerprint density at radius 1 is 1.09 bits per heavy atom. The number of halogens is 4. The lowest BCUT2D eigenvalue weighted by Gasteiger charge is -2.09. The maximum atomic E-state index is 12.8. The van der Waals surface area contributed by atoms with Gasteiger partial charge in [0.05, 0.1) is 17.3 Å². The molecule has 4 aromatic rings. The first-order valence-electron chi connectivity index (χ1n) is 9.57. The number of ether oxygens (including phenoxy) is 1. The Hall–Kier alpha value is -3.42. The van der Waals surface area contributed by atoms with Crippen LogP contribution < -0.4 is 14.8 Å². The van der Waals surface area contributed by atoms with Crippen LogP contribution in [0.15, 0.2) is 54.7 Å². The van der Waals surface area contributed by atoms with Gasteiger partial charge < -0.3 is 10.1 Å². The van der Waals surface area contributed by atoms with Crippen LogP contribution in [0.2, 0.25) is 5.15 Å². The van der Waals surface area contributed by atoms with Crippen LogP contribution in [0.25, 0.3) is 10.1 Å². The Bertz CT molecular complexity index is 1520. The van der Waals surface area contributed by atoms with Gasteiger partial charge in [-0.1, -0.05) is 11.6 Å². The molecular weight excluding hydrogens is 529 g/mol. The zero-order valence-electron chi connectivity index (χ0n) is 17.6. The van der Waals surface area contributed by atoms with Crippen molar-refractivity contribution < 1.29 is 31.1 Å². The number of thiophene rings is 1. The number of hydrogen-bond donors (Lipinski definition) is 2. The zero-order valence-corrected chi connectivity index (χ0v) is 19.9. The van der Waals surface area contributed by atoms with Gasteiger partial charge in [-0.25, -0.2) is 18.4 Å². The minimum Gasteiger partial charge on any atom is -0.437 e. The van der Waals surface area contributed by atoms with Crippen molar-refractivity contribution in [1.29, 1.82) is 0 Å². The van der Waals surface area contributed by atoms with E-state index >= 15 is 0 Å². The molecule has 1 amide bonds. The molecule has 0 fully saturated rings. The highest BCUT2D eigenvalue weighted by Gasteiger charge is 2.32. The summed E-state index contributed by atoms with van der Waals surface area (Å²) in [7, 11) is -3.45. The predicted octanol–water partition coefficient (Wildman–Crippen LogP) is 5.78. The van der Waals surface area contributed by atoms with Gasteiger partial charge in [0.1, 0.15) is 16.6 Å². The molecular formula is C21H14ClF3N4O4S2. The summed E-state index contributed by atoms with van der Waals surface area (Å²) in [5.74, 6) is -0.538. The molecule has 0 radical (unpaired) electrons. The lowest BCUT2D eigenvalue weighted by molar-refractivity contribution is -0.141. The van der Waals surface area contributed by atoms with Crippen LogP contribution in [0.5, 0.6) is 11.6 Å². The smallest absolute Gasteiger partial charge is 0.433 e. The molecule has 3 aromatic heterocycles. The fraction of sp³-hybridized carbons (Fsp3) is 0.0952. The highest BCUT2D eigenvalue weighted by atomic mass is 35.5. The second-order valence-corrected chi connectivity index (χ2v) is 10.4. The Morgan fingerprint density at radius 2 is 1.86 bits per heavy atom. The quantitative estimate of drug-likeness (QED) is 0.299. The standard InChI is InChI=1S/C21H14ClF3N4O4S2/c1-35(31,32)29-12-2-4-15-11(6-12)7-16(34-15)20(30)27-13-8-18(22)28-19(9-13)33-14-3-5-17(26-10-14)21(23,24)25/h2-10,29H,1H3,(H,27,28,30). The molecule has 8 nitrogen and oxygen atoms in total. The third kappa shape index (κ3) is 6.38. The number of amides is 1. The van der Waals surface area contributed by atoms with Crippen molar-refractivity contribution in [2.75, 3.05) is 16.3 Å². The number of alkyl halides is 3. The van der Waals surface area contributed by atoms with Crippen LogP contribution in [0.4, 0.5) is 24.5 Å². The number of carbonyl (C=O) groups is 1. The number of nitrogens with one attached hydrogen (secondary N) is 2. The molecule has 182 valence electrons. The van der Waals surface area contributed by atoms with E-state index in [0.29, 0.717) is 16.0 Å². The SMILES string of the molecule is CS(=O)(=O)Nc1ccc2sc(C(=O)Nc3cc(Cl)nc(Oc4ccc(C(F)(F)F)nc4)c3)cc2c1. The average Bonchev–Trinajstić information content (AvgIpc) is 3.15. The van der Waals surface area contributed by atoms with E-state index in [2.05, 4.69) is 20.0 Å². The molecule has 0 saturated heterocycles. The predicted molar refractivity (Wildman–Crippen MR) is 127 cm³/mol. The van der Waals surface area contributed by atoms with E-state index in [9.17, 15) is 26.4 Å². The normalized spacial score (nSPS) is 11.9. The number of benzene rings is 1. The molecule has 4 rings (SSSR count). The zero-order chi connectivity index (χ0) is 25.4. The molecule has 14 heteroatoms. The largest absolute Gasteiger partial charge is 0.437 e. The number of hydrogen-bond acceptors (Lipinski definition) is 7. The van der Waals surface area contributed by atoms with E-state index in [1.54, 1.807) is 24.3 Å². The Balaban J connectivity index is 1.51. The summed E-state index contributed by atoms with van der Waals surface area (Å²) >= 11 is 7.20. The minimum absolute atomic E-state index is 0.00643. The summed E-state index contributed by atoms with van der Waals surface area (Å²) < 4.78 is 69.4. The Morgan fingerprint density at radius 3 is 2.51 bits per heavy atom. The summed E-state index contributed by atoms with van der Waals surface area (Å²) in [4.78, 5) is 20.4. The van der Waals surface area contributed by atoms with Gasteiger partial charge in [-0.3, -0.25) is 9.52 Å². The number of carbonyl (C=O) groups excluding carboxylic acids is 1. The third-order valence-corrected chi connectivity index (χ3v) is 6.24. The van der Waals surface area contributed by atoms with Crippen LogP contribution in [-0.2, 0) is 16.2 Å². The van der Waals surface area contributed by atoms with Gasteiger partial charge in [-0.2, -0.15) is 13.2 Å². The van der Waals surface area contributed by atoms with Crippen molar-refractivity contribution in [3.05, 3.63) is 70.5 Å². The highest BCUT2D eigenvalue weighted by Crippen LogP contribution is 2.31. The topological polar surface area (TPSA) is 110 Å². The van der Waals surface area contributed by atoms with Crippen molar-refractivity contribution in [2.24, 2.45) is 0 Å². The first kappa shape index (κ1) is 24.7. The first-order chi connectivity index (χ1) is 16.4. The van der Waals surface area contributed by atoms with Gasteiger partial charge in [-0.15, -0.1) is 11.3 Å². The van der Waals surface area contributed by atoms with Gasteiger partial charge in [-0.05, 0) is 47.9 Å². The molecule has 0 spiro atoms. The minimum atomic E-state index is -4.58. The molecule has 1 aromatic carbocycles. The summed E-state index contributed by atoms with van der Waals surface area (Å²) in [5.41, 5.74) is -0.466. The van der Waals surface area contributed by atoms with Crippen molar-refractivity contribution in [3.63, 3.8) is 0 Å². The lowest BCUT2D eigenvalue weighted by Crippen LogP contribution is -2.10. The van der Waals surface area contributed by atoms with Crippen LogP contribution in [0.3, 0.4) is 0 Å². The first-order valence-corrected chi connectivity index (χ1v) is 12.7. The average molecular weight is 543 g/mol. The van der Waals surface area contributed by atoms with Gasteiger partial charge >= 0.3 is 6.18 Å². The monoisotopic (exact) mass is 542 g/mol. The maximum Gasteiger partial charge on any atom is 0.433 e. The van der Waals surface area contributed by atoms with E-state index < -0.39 is 27.8 Å². The number of rotatable bonds is 6. The second kappa shape index (κ2) is 9.32. The Kier molecular flexibility index (Phi) is 6.58. The van der Waals surface area contributed by atoms with Crippen molar-refractivity contribution in [2.45, 2.75) is 6.18 Å². The van der Waals surface area contributed by atoms with Gasteiger partial charge in [0, 0.05) is 22.1 Å². The van der Waals surface area contributed by atoms with E-state index in [0.717, 1.165) is 29.3 Å². The van der Waals surface area contributed by atoms with E-state index in [1.807, 2.05) is 0 Å². The summed E-state index contributed by atoms with van der Waals surface area (Å²) in [5, 5.41) is 3.30. The molecule has 0 aliphatic heterocycles. The third-order valence-electron chi connectivity index (χ3n) is 4.32. The number of aromatic nitrogens is 2. The van der Waals surface area contributed by atoms with E-state index in [-0.39, 0.29) is 22.5 Å². The highest BCUT2D eigenvalue weighted by molar-refractivity contribution is 7.92. The molecule has 0 aliphatic rings. The molecule has 0 aliphatic carbocycles. The van der Waals surface area contributed by atoms with Crippen molar-refractivity contribution in [1.82, 2.24) is 9.97 Å². The number of sulfonamides is 1. The van der Waals surface area contributed by atoms with Crippen LogP contribution in [0.1, 0.15) is 15.4 Å². The second-order valence-electron chi connectivity index (χ2n) is 7.19. The molecule has 35 heavy (non-hydrogen) atoms. The van der Waals surface area contributed by atoms with Gasteiger partial charge in [0.25, 0.3) is 5.91 Å². The van der Waals surface area contributed by atoms with Crippen molar-refractivity contribution >= 4 is 60.3 Å². The lowest BCUT2D eigenvalue weighted by atomic mass is 10.2. The van der Waals surface area contributed by atoms with Gasteiger partial charge in [0.15, 0.2) is 0 Å². The van der Waals surface area contributed by atoms with Crippen molar-refractivity contribution in [3.8, 4) is 11.6 Å².